The first-order valence-corrected chi connectivity index (χ1v) is 9.71. The highest BCUT2D eigenvalue weighted by Crippen LogP contribution is 2.34. The molecule has 31 heavy (non-hydrogen) atoms. The van der Waals surface area contributed by atoms with Crippen molar-refractivity contribution < 1.29 is 24.5 Å². The lowest BCUT2D eigenvalue weighted by atomic mass is 10.1. The third-order valence-corrected chi connectivity index (χ3v) is 4.99. The van der Waals surface area contributed by atoms with Crippen LogP contribution in [-0.2, 0) is 9.53 Å². The molecule has 4 rings (SSSR count). The highest BCUT2D eigenvalue weighted by Gasteiger charge is 2.47. The SMILES string of the molecule is CCNC(=O)[C@@H]1OC(n2cnc3c(NC)nc(-c4cccnc4OC)nc32)C(O)C1O. The molecule has 0 spiro atoms. The summed E-state index contributed by atoms with van der Waals surface area (Å²) in [7, 11) is 3.19. The predicted octanol–water partition coefficient (Wildman–Crippen LogP) is -0.306. The number of carbonyl (C=O) groups excluding carboxylic acids is 1. The van der Waals surface area contributed by atoms with Gasteiger partial charge in [0.25, 0.3) is 5.91 Å². The highest BCUT2D eigenvalue weighted by atomic mass is 16.6. The minimum absolute atomic E-state index is 0.317. The van der Waals surface area contributed by atoms with E-state index in [2.05, 4.69) is 30.6 Å². The summed E-state index contributed by atoms with van der Waals surface area (Å²) in [6, 6.07) is 3.50. The van der Waals surface area contributed by atoms with E-state index in [4.69, 9.17) is 9.47 Å². The van der Waals surface area contributed by atoms with E-state index in [0.29, 0.717) is 40.8 Å². The summed E-state index contributed by atoms with van der Waals surface area (Å²) in [4.78, 5) is 29.8. The molecule has 1 saturated heterocycles. The maximum absolute atomic E-state index is 12.2. The summed E-state index contributed by atoms with van der Waals surface area (Å²) >= 11 is 0. The third-order valence-electron chi connectivity index (χ3n) is 4.99. The van der Waals surface area contributed by atoms with Crippen LogP contribution in [-0.4, -0.2) is 79.6 Å². The van der Waals surface area contributed by atoms with Crippen molar-refractivity contribution in [3.8, 4) is 17.3 Å². The molecule has 164 valence electrons. The summed E-state index contributed by atoms with van der Waals surface area (Å²) in [5.74, 6) is 0.598. The number of pyridine rings is 1. The summed E-state index contributed by atoms with van der Waals surface area (Å²) in [5.41, 5.74) is 1.33. The van der Waals surface area contributed by atoms with Gasteiger partial charge in [-0.15, -0.1) is 0 Å². The lowest BCUT2D eigenvalue weighted by molar-refractivity contribution is -0.137. The molecule has 12 heteroatoms. The van der Waals surface area contributed by atoms with Crippen LogP contribution in [0, 0.1) is 0 Å². The molecule has 0 saturated carbocycles. The smallest absolute Gasteiger partial charge is 0.252 e. The number of nitrogens with zero attached hydrogens (tertiary/aromatic N) is 5. The Hall–Kier alpha value is -3.35. The van der Waals surface area contributed by atoms with E-state index in [9.17, 15) is 15.0 Å². The van der Waals surface area contributed by atoms with Crippen LogP contribution in [0.5, 0.6) is 5.88 Å². The quantitative estimate of drug-likeness (QED) is 0.410. The molecule has 3 aromatic rings. The van der Waals surface area contributed by atoms with Crippen LogP contribution in [0.3, 0.4) is 0 Å². The molecule has 1 fully saturated rings. The summed E-state index contributed by atoms with van der Waals surface area (Å²) in [6.45, 7) is 2.12. The van der Waals surface area contributed by atoms with E-state index in [-0.39, 0.29) is 0 Å². The van der Waals surface area contributed by atoms with E-state index in [1.807, 2.05) is 0 Å². The van der Waals surface area contributed by atoms with Gasteiger partial charge in [-0.05, 0) is 19.1 Å². The number of imidazole rings is 1. The Morgan fingerprint density at radius 2 is 2.10 bits per heavy atom. The van der Waals surface area contributed by atoms with Gasteiger partial charge < -0.3 is 30.3 Å². The molecule has 4 heterocycles. The second-order valence-electron chi connectivity index (χ2n) is 6.85. The van der Waals surface area contributed by atoms with E-state index in [0.717, 1.165) is 0 Å². The van der Waals surface area contributed by atoms with Gasteiger partial charge in [-0.2, -0.15) is 0 Å². The van der Waals surface area contributed by atoms with Gasteiger partial charge in [0.1, 0.15) is 12.2 Å². The van der Waals surface area contributed by atoms with Crippen molar-refractivity contribution in [2.45, 2.75) is 31.5 Å². The Labute approximate surface area is 177 Å². The van der Waals surface area contributed by atoms with Gasteiger partial charge in [-0.25, -0.2) is 19.9 Å². The maximum Gasteiger partial charge on any atom is 0.252 e. The number of anilines is 1. The van der Waals surface area contributed by atoms with Crippen molar-refractivity contribution in [3.05, 3.63) is 24.7 Å². The minimum Gasteiger partial charge on any atom is -0.480 e. The first-order valence-electron chi connectivity index (χ1n) is 9.71. The second kappa shape index (κ2) is 8.41. The van der Waals surface area contributed by atoms with E-state index in [1.54, 1.807) is 32.3 Å². The molecule has 3 unspecified atom stereocenters. The fraction of sp³-hybridized carbons (Fsp3) is 0.421. The van der Waals surface area contributed by atoms with E-state index < -0.39 is 30.4 Å². The number of aliphatic hydroxyl groups excluding tert-OH is 2. The maximum atomic E-state index is 12.2. The number of likely N-dealkylation sites (N-methyl/N-ethyl adjacent to an activating group) is 1. The fourth-order valence-corrected chi connectivity index (χ4v) is 3.50. The van der Waals surface area contributed by atoms with Crippen LogP contribution >= 0.6 is 0 Å². The molecular weight excluding hydrogens is 406 g/mol. The lowest BCUT2D eigenvalue weighted by Gasteiger charge is -2.17. The molecule has 1 aliphatic rings. The molecule has 4 N–H and O–H groups in total. The molecule has 0 aliphatic carbocycles. The number of aliphatic hydroxyl groups is 2. The molecule has 0 aromatic carbocycles. The lowest BCUT2D eigenvalue weighted by Crippen LogP contribution is -2.42. The molecule has 1 aliphatic heterocycles. The Bertz CT molecular complexity index is 1100. The number of fused-ring (bicyclic) bond motifs is 1. The summed E-state index contributed by atoms with van der Waals surface area (Å²) in [5, 5.41) is 26.5. The number of aromatic nitrogens is 5. The fourth-order valence-electron chi connectivity index (χ4n) is 3.50. The van der Waals surface area contributed by atoms with Gasteiger partial charge >= 0.3 is 0 Å². The average Bonchev–Trinajstić information content (AvgIpc) is 3.34. The number of amides is 1. The number of carbonyl (C=O) groups is 1. The number of rotatable bonds is 6. The first kappa shape index (κ1) is 20.9. The molecule has 3 aromatic heterocycles. The van der Waals surface area contributed by atoms with Gasteiger partial charge in [0, 0.05) is 19.8 Å². The molecule has 0 radical (unpaired) electrons. The number of ether oxygens (including phenoxy) is 2. The Morgan fingerprint density at radius 3 is 2.81 bits per heavy atom. The number of methoxy groups -OCH3 is 1. The first-order chi connectivity index (χ1) is 15.0. The monoisotopic (exact) mass is 429 g/mol. The minimum atomic E-state index is -1.41. The molecule has 4 atom stereocenters. The highest BCUT2D eigenvalue weighted by molar-refractivity contribution is 5.86. The molecule has 0 bridgehead atoms. The number of nitrogens with one attached hydrogen (secondary N) is 2. The van der Waals surface area contributed by atoms with Gasteiger partial charge in [-0.1, -0.05) is 0 Å². The Kier molecular flexibility index (Phi) is 5.67. The van der Waals surface area contributed by atoms with Gasteiger partial charge in [0.2, 0.25) is 5.88 Å². The van der Waals surface area contributed by atoms with Crippen molar-refractivity contribution in [1.29, 1.82) is 0 Å². The van der Waals surface area contributed by atoms with E-state index in [1.165, 1.54) is 18.0 Å². The van der Waals surface area contributed by atoms with Gasteiger partial charge in [-0.3, -0.25) is 9.36 Å². The van der Waals surface area contributed by atoms with Gasteiger partial charge in [0.05, 0.1) is 19.0 Å². The van der Waals surface area contributed by atoms with Crippen LogP contribution < -0.4 is 15.4 Å². The van der Waals surface area contributed by atoms with Crippen LogP contribution in [0.25, 0.3) is 22.6 Å². The van der Waals surface area contributed by atoms with Crippen molar-refractivity contribution in [3.63, 3.8) is 0 Å². The van der Waals surface area contributed by atoms with Gasteiger partial charge in [0.15, 0.2) is 35.1 Å². The standard InChI is InChI=1S/C19H23N7O5/c1-4-21-17(29)13-11(27)12(28)19(31-13)26-8-23-10-15(20-2)24-14(25-16(10)26)9-6-5-7-22-18(9)30-3/h5-8,11-13,19,27-28H,4H2,1-3H3,(H,21,29)(H,20,24,25)/t11?,12?,13-,19?/m1/s1. The summed E-state index contributed by atoms with van der Waals surface area (Å²) in [6.07, 6.45) is -2.05. The third kappa shape index (κ3) is 3.54. The molecule has 12 nitrogen and oxygen atoms in total. The zero-order chi connectivity index (χ0) is 22.1. The van der Waals surface area contributed by atoms with Crippen LogP contribution in [0.1, 0.15) is 13.2 Å². The molecular formula is C19H23N7O5. The van der Waals surface area contributed by atoms with E-state index >= 15 is 0 Å². The normalized spacial score (nSPS) is 23.1. The van der Waals surface area contributed by atoms with Crippen LogP contribution in [0.2, 0.25) is 0 Å². The van der Waals surface area contributed by atoms with Crippen LogP contribution in [0.4, 0.5) is 5.82 Å². The van der Waals surface area contributed by atoms with Crippen LogP contribution in [0.15, 0.2) is 24.7 Å². The van der Waals surface area contributed by atoms with Crippen molar-refractivity contribution >= 4 is 22.9 Å². The second-order valence-corrected chi connectivity index (χ2v) is 6.85. The zero-order valence-corrected chi connectivity index (χ0v) is 17.2. The topological polar surface area (TPSA) is 157 Å². The average molecular weight is 429 g/mol. The predicted molar refractivity (Wildman–Crippen MR) is 109 cm³/mol. The van der Waals surface area contributed by atoms with Crippen molar-refractivity contribution in [1.82, 2.24) is 29.8 Å². The Balaban J connectivity index is 1.80. The van der Waals surface area contributed by atoms with Crippen molar-refractivity contribution in [2.75, 3.05) is 26.0 Å². The summed E-state index contributed by atoms with van der Waals surface area (Å²) < 4.78 is 12.5. The number of hydrogen-bond acceptors (Lipinski definition) is 10. The zero-order valence-electron chi connectivity index (χ0n) is 17.2. The van der Waals surface area contributed by atoms with Crippen molar-refractivity contribution in [2.24, 2.45) is 0 Å². The largest absolute Gasteiger partial charge is 0.480 e. The molecule has 1 amide bonds. The number of hydrogen-bond donors (Lipinski definition) is 4. The Morgan fingerprint density at radius 1 is 1.29 bits per heavy atom.